The molecule has 0 saturated carbocycles. The summed E-state index contributed by atoms with van der Waals surface area (Å²) in [6.07, 6.45) is 0. The van der Waals surface area contributed by atoms with Crippen molar-refractivity contribution in [3.63, 3.8) is 0 Å². The number of carbonyl (C=O) groups is 1. The third-order valence-corrected chi connectivity index (χ3v) is 2.50. The van der Waals surface area contributed by atoms with Crippen LogP contribution in [0.1, 0.15) is 10.4 Å². The highest BCUT2D eigenvalue weighted by Crippen LogP contribution is 2.35. The Morgan fingerprint density at radius 1 is 1.47 bits per heavy atom. The molecule has 1 aromatic carbocycles. The van der Waals surface area contributed by atoms with E-state index in [4.69, 9.17) is 10.6 Å². The van der Waals surface area contributed by atoms with Crippen LogP contribution < -0.4 is 15.7 Å². The quantitative estimate of drug-likeness (QED) is 0.769. The predicted molar refractivity (Wildman–Crippen MR) is 57.7 cm³/mol. The molecule has 5 nitrogen and oxygen atoms in total. The Morgan fingerprint density at radius 3 is 2.80 bits per heavy atom. The van der Waals surface area contributed by atoms with Crippen molar-refractivity contribution in [1.82, 2.24) is 0 Å². The summed E-state index contributed by atoms with van der Waals surface area (Å²) in [5.41, 5.74) is 7.63. The molecule has 0 radical (unpaired) electrons. The Labute approximate surface area is 88.0 Å². The van der Waals surface area contributed by atoms with Gasteiger partial charge in [-0.25, -0.2) is 5.06 Å². The molecule has 80 valence electrons. The molecule has 0 aromatic heterocycles. The smallest absolute Gasteiger partial charge is 0.248 e. The molecule has 0 atom stereocenters. The Kier molecular flexibility index (Phi) is 2.24. The van der Waals surface area contributed by atoms with Crippen molar-refractivity contribution in [3.8, 4) is 0 Å². The van der Waals surface area contributed by atoms with Crippen LogP contribution >= 0.6 is 0 Å². The molecule has 15 heavy (non-hydrogen) atoms. The first-order valence-electron chi connectivity index (χ1n) is 4.60. The van der Waals surface area contributed by atoms with E-state index in [1.807, 2.05) is 18.0 Å². The molecular weight excluding hydrogens is 194 g/mol. The number of benzene rings is 1. The fourth-order valence-corrected chi connectivity index (χ4v) is 1.69. The largest absolute Gasteiger partial charge is 0.366 e. The second-order valence-corrected chi connectivity index (χ2v) is 3.47. The number of nitrogens with two attached hydrogens (primary N) is 1. The number of hydrogen-bond acceptors (Lipinski definition) is 4. The van der Waals surface area contributed by atoms with Crippen LogP contribution in [0.5, 0.6) is 0 Å². The minimum Gasteiger partial charge on any atom is -0.366 e. The van der Waals surface area contributed by atoms with Crippen molar-refractivity contribution in [2.45, 2.75) is 0 Å². The zero-order chi connectivity index (χ0) is 11.0. The average Bonchev–Trinajstić information content (AvgIpc) is 2.55. The first-order chi connectivity index (χ1) is 7.13. The normalized spacial score (nSPS) is 14.3. The van der Waals surface area contributed by atoms with Crippen molar-refractivity contribution >= 4 is 17.3 Å². The molecule has 1 aliphatic heterocycles. The van der Waals surface area contributed by atoms with Gasteiger partial charge in [0.15, 0.2) is 0 Å². The van der Waals surface area contributed by atoms with Crippen molar-refractivity contribution in [1.29, 1.82) is 0 Å². The lowest BCUT2D eigenvalue weighted by Crippen LogP contribution is -2.26. The molecule has 0 bridgehead atoms. The van der Waals surface area contributed by atoms with Crippen molar-refractivity contribution in [2.75, 3.05) is 30.8 Å². The van der Waals surface area contributed by atoms with E-state index < -0.39 is 5.91 Å². The van der Waals surface area contributed by atoms with E-state index in [1.165, 1.54) is 0 Å². The molecule has 0 unspecified atom stereocenters. The van der Waals surface area contributed by atoms with Crippen LogP contribution in [0.25, 0.3) is 0 Å². The van der Waals surface area contributed by atoms with Gasteiger partial charge in [-0.15, -0.1) is 0 Å². The van der Waals surface area contributed by atoms with Gasteiger partial charge in [0.05, 0.1) is 18.5 Å². The first-order valence-corrected chi connectivity index (χ1v) is 4.60. The van der Waals surface area contributed by atoms with Gasteiger partial charge < -0.3 is 10.6 Å². The topological polar surface area (TPSA) is 58.8 Å². The van der Waals surface area contributed by atoms with E-state index in [-0.39, 0.29) is 0 Å². The number of carbonyl (C=O) groups excluding carboxylic acids is 1. The minimum atomic E-state index is -0.415. The van der Waals surface area contributed by atoms with Crippen LogP contribution in [0.2, 0.25) is 0 Å². The maximum absolute atomic E-state index is 11.0. The van der Waals surface area contributed by atoms with Crippen LogP contribution in [0.15, 0.2) is 18.2 Å². The lowest BCUT2D eigenvalue weighted by Gasteiger charge is -2.15. The summed E-state index contributed by atoms with van der Waals surface area (Å²) in [7, 11) is 3.55. The van der Waals surface area contributed by atoms with E-state index in [9.17, 15) is 4.79 Å². The molecular formula is C10H13N3O2. The summed E-state index contributed by atoms with van der Waals surface area (Å²) in [6.45, 7) is 0.647. The summed E-state index contributed by atoms with van der Waals surface area (Å²) < 4.78 is 0. The third-order valence-electron chi connectivity index (χ3n) is 2.50. The monoisotopic (exact) mass is 207 g/mol. The van der Waals surface area contributed by atoms with Gasteiger partial charge >= 0.3 is 0 Å². The fraction of sp³-hybridized carbons (Fsp3) is 0.300. The molecule has 1 amide bonds. The van der Waals surface area contributed by atoms with Gasteiger partial charge in [-0.1, -0.05) is 0 Å². The number of rotatable bonds is 2. The van der Waals surface area contributed by atoms with E-state index in [1.54, 1.807) is 24.3 Å². The van der Waals surface area contributed by atoms with E-state index >= 15 is 0 Å². The third kappa shape index (κ3) is 1.50. The van der Waals surface area contributed by atoms with Gasteiger partial charge in [-0.3, -0.25) is 9.63 Å². The van der Waals surface area contributed by atoms with Gasteiger partial charge in [0, 0.05) is 12.6 Å². The van der Waals surface area contributed by atoms with Crippen molar-refractivity contribution in [2.24, 2.45) is 5.73 Å². The number of primary amides is 1. The standard InChI is InChI=1S/C10H13N3O2/c1-12-6-13(15-2)8-4-3-7(10(11)14)5-9(8)12/h3-5H,6H2,1-2H3,(H2,11,14). The second kappa shape index (κ2) is 3.43. The Morgan fingerprint density at radius 2 is 2.20 bits per heavy atom. The Balaban J connectivity index is 2.45. The number of fused-ring (bicyclic) bond motifs is 1. The Hall–Kier alpha value is -1.75. The van der Waals surface area contributed by atoms with Gasteiger partial charge in [-0.2, -0.15) is 0 Å². The van der Waals surface area contributed by atoms with Gasteiger partial charge in [0.25, 0.3) is 0 Å². The van der Waals surface area contributed by atoms with Crippen LogP contribution in [-0.4, -0.2) is 26.7 Å². The second-order valence-electron chi connectivity index (χ2n) is 3.47. The molecule has 0 spiro atoms. The van der Waals surface area contributed by atoms with Crippen LogP contribution in [-0.2, 0) is 4.84 Å². The zero-order valence-electron chi connectivity index (χ0n) is 8.73. The first kappa shape index (κ1) is 9.79. The summed E-state index contributed by atoms with van der Waals surface area (Å²) in [4.78, 5) is 18.2. The van der Waals surface area contributed by atoms with Crippen LogP contribution in [0.4, 0.5) is 11.4 Å². The van der Waals surface area contributed by atoms with Crippen molar-refractivity contribution in [3.05, 3.63) is 23.8 Å². The number of nitrogens with zero attached hydrogens (tertiary/aromatic N) is 2. The maximum atomic E-state index is 11.0. The van der Waals surface area contributed by atoms with Gasteiger partial charge in [0.1, 0.15) is 6.67 Å². The molecule has 0 aliphatic carbocycles. The summed E-state index contributed by atoms with van der Waals surface area (Å²) in [6, 6.07) is 5.31. The number of amides is 1. The predicted octanol–water partition coefficient (Wildman–Crippen LogP) is 0.561. The summed E-state index contributed by atoms with van der Waals surface area (Å²) in [5, 5.41) is 1.75. The van der Waals surface area contributed by atoms with Crippen molar-refractivity contribution < 1.29 is 9.63 Å². The summed E-state index contributed by atoms with van der Waals surface area (Å²) in [5.74, 6) is -0.415. The zero-order valence-corrected chi connectivity index (χ0v) is 8.73. The molecule has 0 fully saturated rings. The van der Waals surface area contributed by atoms with Crippen LogP contribution in [0.3, 0.4) is 0 Å². The maximum Gasteiger partial charge on any atom is 0.248 e. The molecule has 1 aromatic rings. The number of hydrogen-bond donors (Lipinski definition) is 1. The fourth-order valence-electron chi connectivity index (χ4n) is 1.69. The molecule has 2 N–H and O–H groups in total. The summed E-state index contributed by atoms with van der Waals surface area (Å²) >= 11 is 0. The Bertz CT molecular complexity index is 406. The van der Waals surface area contributed by atoms with Gasteiger partial charge in [-0.05, 0) is 18.2 Å². The van der Waals surface area contributed by atoms with E-state index in [0.29, 0.717) is 12.2 Å². The molecule has 2 rings (SSSR count). The van der Waals surface area contributed by atoms with Gasteiger partial charge in [0.2, 0.25) is 5.91 Å². The highest BCUT2D eigenvalue weighted by atomic mass is 16.7. The highest BCUT2D eigenvalue weighted by molar-refractivity contribution is 5.95. The molecule has 0 saturated heterocycles. The SMILES string of the molecule is CON1CN(C)c2cc(C(N)=O)ccc21. The lowest BCUT2D eigenvalue weighted by atomic mass is 10.1. The average molecular weight is 207 g/mol. The van der Waals surface area contributed by atoms with E-state index in [0.717, 1.165) is 11.4 Å². The molecule has 5 heteroatoms. The minimum absolute atomic E-state index is 0.415. The highest BCUT2D eigenvalue weighted by Gasteiger charge is 2.23. The number of hydroxylamine groups is 1. The van der Waals surface area contributed by atoms with E-state index in [2.05, 4.69) is 0 Å². The molecule has 1 aliphatic rings. The van der Waals surface area contributed by atoms with Crippen LogP contribution in [0, 0.1) is 0 Å². The lowest BCUT2D eigenvalue weighted by molar-refractivity contribution is 0.100. The molecule has 1 heterocycles. The number of anilines is 2.